The molecule has 34 valence electrons. The fourth-order valence-corrected chi connectivity index (χ4v) is 0. The maximum atomic E-state index is 3.17. The normalized spacial score (nSPS) is 7.20. The van der Waals surface area contributed by atoms with Crippen LogP contribution in [0.4, 0.5) is 0 Å². The van der Waals surface area contributed by atoms with Crippen LogP contribution in [0.5, 0.6) is 0 Å². The zero-order chi connectivity index (χ0) is 3.58. The predicted molar refractivity (Wildman–Crippen MR) is 33.7 cm³/mol. The second-order valence-corrected chi connectivity index (χ2v) is 15.5. The molecule has 0 saturated carbocycles. The molecule has 0 aliphatic heterocycles. The molecule has 0 aromatic carbocycles. The van der Waals surface area contributed by atoms with Crippen LogP contribution >= 0.6 is 50.5 Å². The van der Waals surface area contributed by atoms with E-state index < -0.39 is 0 Å². The van der Waals surface area contributed by atoms with Crippen molar-refractivity contribution in [1.82, 2.24) is 0 Å². The van der Waals surface area contributed by atoms with Gasteiger partial charge in [-0.25, -0.2) is 0 Å². The Labute approximate surface area is 86.4 Å². The van der Waals surface area contributed by atoms with Crippen molar-refractivity contribution >= 4 is 50.5 Å². The minimum Gasteiger partial charge on any atom is -0.0344 e. The van der Waals surface area contributed by atoms with Crippen molar-refractivity contribution in [2.45, 2.75) is 0 Å². The molecule has 0 N–H and O–H groups in total. The van der Waals surface area contributed by atoms with Gasteiger partial charge in [-0.2, -0.15) is 0 Å². The minimum absolute atomic E-state index is 0. The second kappa shape index (κ2) is 7.13. The quantitative estimate of drug-likeness (QED) is 0.602. The van der Waals surface area contributed by atoms with Gasteiger partial charge in [0.1, 0.15) is 4.03 Å². The third-order valence-corrected chi connectivity index (χ3v) is 0. The maximum absolute atomic E-state index is 3.17. The summed E-state index contributed by atoms with van der Waals surface area (Å²) in [5.74, 6) is 0. The Morgan fingerprint density at radius 1 is 1.00 bits per heavy atom. The van der Waals surface area contributed by atoms with Crippen LogP contribution in [0, 0.1) is 37.7 Å². The van der Waals surface area contributed by atoms with E-state index in [4.69, 9.17) is 0 Å². The van der Waals surface area contributed by atoms with Crippen LogP contribution in [-0.4, -0.2) is 0 Å². The molecule has 0 heterocycles. The Morgan fingerprint density at radius 2 is 1.00 bits per heavy atom. The van der Waals surface area contributed by atoms with Crippen molar-refractivity contribution < 1.29 is 37.7 Å². The van der Waals surface area contributed by atoms with Crippen molar-refractivity contribution in [3.05, 3.63) is 0 Å². The van der Waals surface area contributed by atoms with E-state index >= 15 is 0 Å². The molecule has 0 radical (unpaired) electrons. The molecular weight excluding hydrogens is 311 g/mol. The minimum atomic E-state index is -0.183. The summed E-state index contributed by atoms with van der Waals surface area (Å²) >= 11 is 9.51. The smallest absolute Gasteiger partial charge is 0.0344 e. The summed E-state index contributed by atoms with van der Waals surface area (Å²) in [6, 6.07) is 0. The van der Waals surface area contributed by atoms with Gasteiger partial charge in [0.15, 0.2) is 0 Å². The van der Waals surface area contributed by atoms with Crippen LogP contribution in [0.2, 0.25) is 0 Å². The fraction of sp³-hybridized carbons (Fsp3) is 0. The van der Waals surface area contributed by atoms with Gasteiger partial charge < -0.3 is 0 Å². The van der Waals surface area contributed by atoms with Gasteiger partial charge in [-0.15, -0.1) is 0 Å². The Bertz CT molecular complexity index is 11.6. The first-order chi connectivity index (χ1) is 1.73. The van der Waals surface area contributed by atoms with Crippen LogP contribution in [0.25, 0.3) is 0 Å². The summed E-state index contributed by atoms with van der Waals surface area (Å²) in [7, 11) is 0. The van der Waals surface area contributed by atoms with E-state index in [9.17, 15) is 0 Å². The number of hydrogen-bond donors (Lipinski definition) is 0. The van der Waals surface area contributed by atoms with Crippen molar-refractivity contribution in [3.63, 3.8) is 0 Å². The molecule has 0 aliphatic rings. The van der Waals surface area contributed by atoms with Gasteiger partial charge in [0.2, 0.25) is 0 Å². The zero-order valence-electron chi connectivity index (χ0n) is 1.93. The Kier molecular flexibility index (Phi) is 15.7. The molecule has 5 heavy (non-hydrogen) atoms. The zero-order valence-corrected chi connectivity index (χ0v) is 8.29. The van der Waals surface area contributed by atoms with Crippen LogP contribution < -0.4 is 0 Å². The summed E-state index contributed by atoms with van der Waals surface area (Å²) in [5, 5.41) is 0. The Balaban J connectivity index is 0. The molecular formula is ArBr3P. The number of halogens is 3. The Morgan fingerprint density at radius 3 is 1.00 bits per heavy atom. The van der Waals surface area contributed by atoms with Crippen LogP contribution in [-0.2, 0) is 0 Å². The molecule has 0 amide bonds. The third-order valence-electron chi connectivity index (χ3n) is 0. The topological polar surface area (TPSA) is 0 Å². The van der Waals surface area contributed by atoms with Gasteiger partial charge in [-0.1, -0.05) is 0 Å². The van der Waals surface area contributed by atoms with Crippen LogP contribution in [0.3, 0.4) is 0 Å². The average molecular weight is 311 g/mol. The number of hydrogen-bond acceptors (Lipinski definition) is 0. The predicted octanol–water partition coefficient (Wildman–Crippen LogP) is 3.40. The molecule has 0 nitrogen and oxygen atoms in total. The second-order valence-electron chi connectivity index (χ2n) is 0.192. The monoisotopic (exact) mass is 308 g/mol. The van der Waals surface area contributed by atoms with E-state index in [1.54, 1.807) is 0 Å². The van der Waals surface area contributed by atoms with E-state index in [2.05, 4.69) is 46.5 Å². The first-order valence-corrected chi connectivity index (χ1v) is 7.90. The van der Waals surface area contributed by atoms with Crippen molar-refractivity contribution in [1.29, 1.82) is 0 Å². The molecule has 0 rings (SSSR count). The van der Waals surface area contributed by atoms with Gasteiger partial charge in [0.05, 0.1) is 0 Å². The van der Waals surface area contributed by atoms with Crippen LogP contribution in [0.1, 0.15) is 0 Å². The largest absolute Gasteiger partial charge is 0.103 e. The SMILES string of the molecule is BrP(Br)Br.[Ar]. The molecule has 0 fully saturated rings. The molecule has 0 aromatic rings. The molecule has 0 saturated heterocycles. The van der Waals surface area contributed by atoms with E-state index in [0.29, 0.717) is 0 Å². The maximum Gasteiger partial charge on any atom is 0.103 e. The van der Waals surface area contributed by atoms with E-state index in [-0.39, 0.29) is 41.8 Å². The van der Waals surface area contributed by atoms with Gasteiger partial charge in [-0.05, 0) is 46.5 Å². The molecule has 0 atom stereocenters. The molecule has 0 bridgehead atoms. The number of rotatable bonds is 0. The molecule has 5 heteroatoms. The van der Waals surface area contributed by atoms with Gasteiger partial charge >= 0.3 is 0 Å². The average Bonchev–Trinajstić information content (AvgIpc) is 0.811. The first kappa shape index (κ1) is 11.0. The van der Waals surface area contributed by atoms with Gasteiger partial charge in [0, 0.05) is 37.7 Å². The van der Waals surface area contributed by atoms with Gasteiger partial charge in [0.25, 0.3) is 0 Å². The van der Waals surface area contributed by atoms with E-state index in [1.807, 2.05) is 0 Å². The summed E-state index contributed by atoms with van der Waals surface area (Å²) < 4.78 is -0.183. The van der Waals surface area contributed by atoms with Crippen molar-refractivity contribution in [2.24, 2.45) is 0 Å². The van der Waals surface area contributed by atoms with E-state index in [0.717, 1.165) is 0 Å². The molecule has 0 aliphatic carbocycles. The Hall–Kier alpha value is 3.13. The summed E-state index contributed by atoms with van der Waals surface area (Å²) in [6.45, 7) is 0. The van der Waals surface area contributed by atoms with Gasteiger partial charge in [-0.3, -0.25) is 0 Å². The summed E-state index contributed by atoms with van der Waals surface area (Å²) in [5.41, 5.74) is 0. The third kappa shape index (κ3) is 19.2. The fourth-order valence-electron chi connectivity index (χ4n) is 0. The van der Waals surface area contributed by atoms with Crippen LogP contribution in [0.15, 0.2) is 0 Å². The van der Waals surface area contributed by atoms with E-state index in [1.165, 1.54) is 0 Å². The first-order valence-electron chi connectivity index (χ1n) is 0.507. The summed E-state index contributed by atoms with van der Waals surface area (Å²) in [4.78, 5) is 0. The summed E-state index contributed by atoms with van der Waals surface area (Å²) in [6.07, 6.45) is 0. The molecule has 0 aromatic heterocycles. The standard InChI is InChI=1S/Ar.Br3P/c;1-4(2)3. The molecule has 0 unspecified atom stereocenters. The van der Waals surface area contributed by atoms with Crippen molar-refractivity contribution in [3.8, 4) is 0 Å². The van der Waals surface area contributed by atoms with Crippen molar-refractivity contribution in [2.75, 3.05) is 0 Å². The molecule has 0 spiro atoms.